The average Bonchev–Trinajstić information content (AvgIpc) is 2.40. The van der Waals surface area contributed by atoms with Crippen molar-refractivity contribution in [1.82, 2.24) is 0 Å². The Hall–Kier alpha value is -1.95. The third-order valence-corrected chi connectivity index (χ3v) is 3.15. The number of non-ortho nitro benzene ring substituents is 1. The van der Waals surface area contributed by atoms with Gasteiger partial charge in [-0.15, -0.1) is 0 Å². The molecule has 1 N–H and O–H groups in total. The first-order valence-electron chi connectivity index (χ1n) is 5.48. The van der Waals surface area contributed by atoms with Gasteiger partial charge in [-0.1, -0.05) is 12.1 Å². The largest absolute Gasteiger partial charge is 0.381 e. The minimum Gasteiger partial charge on any atom is -0.381 e. The van der Waals surface area contributed by atoms with Gasteiger partial charge in [-0.3, -0.25) is 10.1 Å². The maximum absolute atomic E-state index is 13.1. The number of nitrogens with zero attached hydrogens (tertiary/aromatic N) is 1. The van der Waals surface area contributed by atoms with E-state index in [-0.39, 0.29) is 11.5 Å². The Morgan fingerprint density at radius 3 is 2.74 bits per heavy atom. The fraction of sp³-hybridized carbons (Fsp3) is 0.0769. The Kier molecular flexibility index (Phi) is 4.11. The zero-order chi connectivity index (χ0) is 13.8. The molecule has 2 aromatic carbocycles. The van der Waals surface area contributed by atoms with Gasteiger partial charge in [-0.2, -0.15) is 0 Å². The predicted molar refractivity (Wildman–Crippen MR) is 74.5 cm³/mol. The van der Waals surface area contributed by atoms with Gasteiger partial charge in [-0.05, 0) is 39.7 Å². The minimum absolute atomic E-state index is 0.0552. The molecule has 0 fully saturated rings. The van der Waals surface area contributed by atoms with E-state index >= 15 is 0 Å². The summed E-state index contributed by atoms with van der Waals surface area (Å²) >= 11 is 3.10. The molecule has 2 aromatic rings. The summed E-state index contributed by atoms with van der Waals surface area (Å²) in [5.41, 5.74) is 1.58. The molecule has 0 radical (unpaired) electrons. The number of nitrogens with one attached hydrogen (secondary N) is 1. The van der Waals surface area contributed by atoms with Crippen molar-refractivity contribution in [3.8, 4) is 0 Å². The molecule has 0 heterocycles. The molecule has 4 nitrogen and oxygen atoms in total. The van der Waals surface area contributed by atoms with E-state index < -0.39 is 4.92 Å². The lowest BCUT2D eigenvalue weighted by Gasteiger charge is -2.07. The fourth-order valence-electron chi connectivity index (χ4n) is 1.59. The molecular formula is C13H10BrFN2O2. The molecule has 0 aromatic heterocycles. The molecule has 6 heteroatoms. The zero-order valence-corrected chi connectivity index (χ0v) is 11.4. The van der Waals surface area contributed by atoms with E-state index in [2.05, 4.69) is 21.2 Å². The van der Waals surface area contributed by atoms with Crippen molar-refractivity contribution in [3.63, 3.8) is 0 Å². The summed E-state index contributed by atoms with van der Waals surface area (Å²) in [6, 6.07) is 10.9. The topological polar surface area (TPSA) is 55.2 Å². The summed E-state index contributed by atoms with van der Waals surface area (Å²) in [6.07, 6.45) is 0. The molecule has 0 unspecified atom stereocenters. The normalized spacial score (nSPS) is 10.2. The van der Waals surface area contributed by atoms with Crippen LogP contribution in [0.15, 0.2) is 46.9 Å². The summed E-state index contributed by atoms with van der Waals surface area (Å²) in [5, 5.41) is 13.7. The highest BCUT2D eigenvalue weighted by atomic mass is 79.9. The van der Waals surface area contributed by atoms with Crippen LogP contribution in [0.5, 0.6) is 0 Å². The van der Waals surface area contributed by atoms with Crippen molar-refractivity contribution in [2.75, 3.05) is 5.32 Å². The van der Waals surface area contributed by atoms with Crippen molar-refractivity contribution in [2.45, 2.75) is 6.54 Å². The number of hydrogen-bond acceptors (Lipinski definition) is 3. The SMILES string of the molecule is O=[N+]([O-])c1cccc(CNc2ccc(F)c(Br)c2)c1. The van der Waals surface area contributed by atoms with Crippen molar-refractivity contribution in [2.24, 2.45) is 0 Å². The number of rotatable bonds is 4. The van der Waals surface area contributed by atoms with Crippen LogP contribution >= 0.6 is 15.9 Å². The third kappa shape index (κ3) is 3.51. The molecule has 98 valence electrons. The maximum Gasteiger partial charge on any atom is 0.269 e. The molecule has 0 saturated carbocycles. The lowest BCUT2D eigenvalue weighted by atomic mass is 10.2. The van der Waals surface area contributed by atoms with E-state index in [1.807, 2.05) is 0 Å². The van der Waals surface area contributed by atoms with Crippen LogP contribution in [0.4, 0.5) is 15.8 Å². The smallest absolute Gasteiger partial charge is 0.269 e. The van der Waals surface area contributed by atoms with E-state index in [9.17, 15) is 14.5 Å². The number of nitro groups is 1. The van der Waals surface area contributed by atoms with Crippen LogP contribution in [0.1, 0.15) is 5.56 Å². The molecular weight excluding hydrogens is 315 g/mol. The highest BCUT2D eigenvalue weighted by molar-refractivity contribution is 9.10. The molecule has 0 saturated heterocycles. The van der Waals surface area contributed by atoms with E-state index in [0.29, 0.717) is 11.0 Å². The summed E-state index contributed by atoms with van der Waals surface area (Å²) in [5.74, 6) is -0.333. The Morgan fingerprint density at radius 1 is 1.26 bits per heavy atom. The molecule has 0 bridgehead atoms. The molecule has 0 amide bonds. The third-order valence-electron chi connectivity index (χ3n) is 2.54. The number of nitro benzene ring substituents is 1. The van der Waals surface area contributed by atoms with Gasteiger partial charge in [0.1, 0.15) is 5.82 Å². The number of benzene rings is 2. The Labute approximate surface area is 117 Å². The van der Waals surface area contributed by atoms with Gasteiger partial charge in [0, 0.05) is 24.4 Å². The maximum atomic E-state index is 13.1. The average molecular weight is 325 g/mol. The second-order valence-electron chi connectivity index (χ2n) is 3.91. The molecule has 0 aliphatic heterocycles. The highest BCUT2D eigenvalue weighted by Crippen LogP contribution is 2.21. The molecule has 19 heavy (non-hydrogen) atoms. The van der Waals surface area contributed by atoms with Crippen molar-refractivity contribution < 1.29 is 9.31 Å². The van der Waals surface area contributed by atoms with Gasteiger partial charge in [0.25, 0.3) is 5.69 Å². The van der Waals surface area contributed by atoms with Crippen molar-refractivity contribution >= 4 is 27.3 Å². The summed E-state index contributed by atoms with van der Waals surface area (Å²) in [4.78, 5) is 10.2. The first-order valence-corrected chi connectivity index (χ1v) is 6.28. The van der Waals surface area contributed by atoms with Crippen LogP contribution in [-0.2, 0) is 6.54 Å². The van der Waals surface area contributed by atoms with Crippen LogP contribution in [0, 0.1) is 15.9 Å². The number of halogens is 2. The van der Waals surface area contributed by atoms with Crippen LogP contribution < -0.4 is 5.32 Å². The van der Waals surface area contributed by atoms with E-state index in [1.165, 1.54) is 18.2 Å². The molecule has 0 spiro atoms. The van der Waals surface area contributed by atoms with E-state index in [4.69, 9.17) is 0 Å². The second-order valence-corrected chi connectivity index (χ2v) is 4.76. The first kappa shape index (κ1) is 13.5. The highest BCUT2D eigenvalue weighted by Gasteiger charge is 2.05. The van der Waals surface area contributed by atoms with E-state index in [1.54, 1.807) is 24.3 Å². The van der Waals surface area contributed by atoms with Crippen LogP contribution in [0.2, 0.25) is 0 Å². The monoisotopic (exact) mass is 324 g/mol. The molecule has 2 rings (SSSR count). The number of anilines is 1. The van der Waals surface area contributed by atoms with Crippen molar-refractivity contribution in [3.05, 3.63) is 68.4 Å². The van der Waals surface area contributed by atoms with Crippen LogP contribution in [0.3, 0.4) is 0 Å². The van der Waals surface area contributed by atoms with Gasteiger partial charge in [0.15, 0.2) is 0 Å². The first-order chi connectivity index (χ1) is 9.06. The lowest BCUT2D eigenvalue weighted by molar-refractivity contribution is -0.384. The van der Waals surface area contributed by atoms with Gasteiger partial charge < -0.3 is 5.32 Å². The zero-order valence-electron chi connectivity index (χ0n) is 9.77. The Balaban J connectivity index is 2.07. The summed E-state index contributed by atoms with van der Waals surface area (Å²) < 4.78 is 13.4. The van der Waals surface area contributed by atoms with E-state index in [0.717, 1.165) is 11.3 Å². The molecule has 0 aliphatic carbocycles. The molecule has 0 aliphatic rings. The second kappa shape index (κ2) is 5.79. The van der Waals surface area contributed by atoms with Gasteiger partial charge in [-0.25, -0.2) is 4.39 Å². The van der Waals surface area contributed by atoms with Gasteiger partial charge >= 0.3 is 0 Å². The summed E-state index contributed by atoms with van der Waals surface area (Å²) in [6.45, 7) is 0.430. The van der Waals surface area contributed by atoms with Crippen LogP contribution in [-0.4, -0.2) is 4.92 Å². The number of hydrogen-bond donors (Lipinski definition) is 1. The Morgan fingerprint density at radius 2 is 2.05 bits per heavy atom. The molecule has 0 atom stereocenters. The Bertz CT molecular complexity index is 619. The van der Waals surface area contributed by atoms with Gasteiger partial charge in [0.05, 0.1) is 9.40 Å². The minimum atomic E-state index is -0.433. The standard InChI is InChI=1S/C13H10BrFN2O2/c14-12-7-10(4-5-13(12)15)16-8-9-2-1-3-11(6-9)17(18)19/h1-7,16H,8H2. The predicted octanol–water partition coefficient (Wildman–Crippen LogP) is 4.11. The lowest BCUT2D eigenvalue weighted by Crippen LogP contribution is -2.00. The van der Waals surface area contributed by atoms with Crippen molar-refractivity contribution in [1.29, 1.82) is 0 Å². The van der Waals surface area contributed by atoms with Crippen LogP contribution in [0.25, 0.3) is 0 Å². The fourth-order valence-corrected chi connectivity index (χ4v) is 1.97. The summed E-state index contributed by atoms with van der Waals surface area (Å²) in [7, 11) is 0. The quantitative estimate of drug-likeness (QED) is 0.680. The van der Waals surface area contributed by atoms with Gasteiger partial charge in [0.2, 0.25) is 0 Å².